The lowest BCUT2D eigenvalue weighted by atomic mass is 10.2. The molecule has 17 heavy (non-hydrogen) atoms. The molecular weight excluding hydrogens is 225 g/mol. The van der Waals surface area contributed by atoms with Crippen LogP contribution in [0.25, 0.3) is 0 Å². The predicted molar refractivity (Wildman–Crippen MR) is 60.3 cm³/mol. The van der Waals surface area contributed by atoms with Crippen LogP contribution in [0.3, 0.4) is 0 Å². The number of ketones is 1. The summed E-state index contributed by atoms with van der Waals surface area (Å²) in [7, 11) is 0. The maximum absolute atomic E-state index is 13.4. The van der Waals surface area contributed by atoms with Gasteiger partial charge in [-0.1, -0.05) is 6.92 Å². The quantitative estimate of drug-likeness (QED) is 0.849. The van der Waals surface area contributed by atoms with Gasteiger partial charge in [0.2, 0.25) is 0 Å². The molecule has 0 aliphatic rings. The van der Waals surface area contributed by atoms with Gasteiger partial charge in [-0.15, -0.1) is 0 Å². The molecule has 1 aromatic rings. The van der Waals surface area contributed by atoms with Gasteiger partial charge in [-0.05, 0) is 19.1 Å². The van der Waals surface area contributed by atoms with E-state index < -0.39 is 17.8 Å². The van der Waals surface area contributed by atoms with Crippen molar-refractivity contribution in [3.8, 4) is 5.75 Å². The lowest BCUT2D eigenvalue weighted by Gasteiger charge is -2.13. The monoisotopic (exact) mass is 239 g/mol. The minimum absolute atomic E-state index is 0.0793. The summed E-state index contributed by atoms with van der Waals surface area (Å²) in [6.45, 7) is 3.31. The van der Waals surface area contributed by atoms with Gasteiger partial charge in [0, 0.05) is 12.5 Å². The Morgan fingerprint density at radius 1 is 1.47 bits per heavy atom. The molecule has 4 nitrogen and oxygen atoms in total. The molecule has 1 atom stereocenters. The summed E-state index contributed by atoms with van der Waals surface area (Å²) in [5.41, 5.74) is 4.76. The Kier molecular flexibility index (Phi) is 4.20. The van der Waals surface area contributed by atoms with Crippen LogP contribution < -0.4 is 10.5 Å². The summed E-state index contributed by atoms with van der Waals surface area (Å²) >= 11 is 0. The lowest BCUT2D eigenvalue weighted by Crippen LogP contribution is -2.23. The van der Waals surface area contributed by atoms with Crippen molar-refractivity contribution in [2.75, 3.05) is 0 Å². The third-order valence-electron chi connectivity index (χ3n) is 2.32. The number of hydrogen-bond acceptors (Lipinski definition) is 3. The Balaban J connectivity index is 2.84. The van der Waals surface area contributed by atoms with Crippen molar-refractivity contribution in [2.24, 2.45) is 5.73 Å². The lowest BCUT2D eigenvalue weighted by molar-refractivity contribution is -0.124. The van der Waals surface area contributed by atoms with Crippen LogP contribution in [0.15, 0.2) is 18.2 Å². The number of primary amides is 1. The first kappa shape index (κ1) is 13.2. The fourth-order valence-electron chi connectivity index (χ4n) is 1.33. The van der Waals surface area contributed by atoms with Crippen LogP contribution in [-0.2, 0) is 4.79 Å². The molecule has 1 unspecified atom stereocenters. The van der Waals surface area contributed by atoms with Gasteiger partial charge < -0.3 is 10.5 Å². The molecule has 0 fully saturated rings. The van der Waals surface area contributed by atoms with Gasteiger partial charge in [-0.25, -0.2) is 4.39 Å². The van der Waals surface area contributed by atoms with Crippen LogP contribution in [0.4, 0.5) is 4.39 Å². The van der Waals surface area contributed by atoms with E-state index in [0.717, 1.165) is 6.07 Å². The van der Waals surface area contributed by atoms with E-state index in [1.165, 1.54) is 12.1 Å². The zero-order chi connectivity index (χ0) is 13.0. The van der Waals surface area contributed by atoms with E-state index in [1.807, 2.05) is 0 Å². The number of amides is 1. The third-order valence-corrected chi connectivity index (χ3v) is 2.32. The smallest absolute Gasteiger partial charge is 0.251 e. The number of halogens is 1. The van der Waals surface area contributed by atoms with E-state index in [1.54, 1.807) is 13.8 Å². The van der Waals surface area contributed by atoms with Crippen LogP contribution in [-0.4, -0.2) is 17.8 Å². The molecule has 1 amide bonds. The maximum Gasteiger partial charge on any atom is 0.251 e. The van der Waals surface area contributed by atoms with E-state index in [4.69, 9.17) is 10.5 Å². The number of benzene rings is 1. The largest absolute Gasteiger partial charge is 0.483 e. The molecule has 0 saturated heterocycles. The second kappa shape index (κ2) is 5.43. The highest BCUT2D eigenvalue weighted by Gasteiger charge is 2.14. The maximum atomic E-state index is 13.4. The van der Waals surface area contributed by atoms with Crippen LogP contribution in [0.5, 0.6) is 5.75 Å². The SMILES string of the molecule is CCC(=O)C(C)Oc1ccc(C(N)=O)c(F)c1. The highest BCUT2D eigenvalue weighted by Crippen LogP contribution is 2.18. The number of carbonyl (C=O) groups excluding carboxylic acids is 2. The van der Waals surface area contributed by atoms with Gasteiger partial charge in [0.1, 0.15) is 11.6 Å². The predicted octanol–water partition coefficient (Wildman–Crippen LogP) is 1.67. The van der Waals surface area contributed by atoms with Gasteiger partial charge in [0.25, 0.3) is 5.91 Å². The van der Waals surface area contributed by atoms with Crippen LogP contribution >= 0.6 is 0 Å². The van der Waals surface area contributed by atoms with Gasteiger partial charge in [0.05, 0.1) is 5.56 Å². The first-order valence-corrected chi connectivity index (χ1v) is 5.24. The van der Waals surface area contributed by atoms with E-state index in [0.29, 0.717) is 6.42 Å². The van der Waals surface area contributed by atoms with Crippen molar-refractivity contribution >= 4 is 11.7 Å². The fraction of sp³-hybridized carbons (Fsp3) is 0.333. The molecule has 1 rings (SSSR count). The molecule has 0 spiro atoms. The average Bonchev–Trinajstić information content (AvgIpc) is 2.27. The average molecular weight is 239 g/mol. The standard InChI is InChI=1S/C12H14FNO3/c1-3-11(15)7(2)17-8-4-5-9(12(14)16)10(13)6-8/h4-7H,3H2,1-2H3,(H2,14,16). The first-order chi connectivity index (χ1) is 7.95. The Hall–Kier alpha value is -1.91. The molecular formula is C12H14FNO3. The molecule has 0 saturated carbocycles. The van der Waals surface area contributed by atoms with Crippen molar-refractivity contribution in [3.63, 3.8) is 0 Å². The normalized spacial score (nSPS) is 11.9. The van der Waals surface area contributed by atoms with E-state index >= 15 is 0 Å². The van der Waals surface area contributed by atoms with Crippen LogP contribution in [0.2, 0.25) is 0 Å². The second-order valence-corrected chi connectivity index (χ2v) is 3.59. The van der Waals surface area contributed by atoms with Gasteiger partial charge in [-0.2, -0.15) is 0 Å². The Labute approximate surface area is 98.6 Å². The van der Waals surface area contributed by atoms with Crippen molar-refractivity contribution in [1.82, 2.24) is 0 Å². The van der Waals surface area contributed by atoms with Gasteiger partial charge in [-0.3, -0.25) is 9.59 Å². The molecule has 0 radical (unpaired) electrons. The minimum atomic E-state index is -0.841. The molecule has 0 bridgehead atoms. The summed E-state index contributed by atoms with van der Waals surface area (Å²) < 4.78 is 18.6. The minimum Gasteiger partial charge on any atom is -0.483 e. The molecule has 92 valence electrons. The third kappa shape index (κ3) is 3.27. The van der Waals surface area contributed by atoms with E-state index in [2.05, 4.69) is 0 Å². The Morgan fingerprint density at radius 2 is 2.12 bits per heavy atom. The summed E-state index contributed by atoms with van der Waals surface area (Å²) in [5, 5.41) is 0. The number of Topliss-reactive ketones (excluding diaryl/α,β-unsaturated/α-hetero) is 1. The number of nitrogens with two attached hydrogens (primary N) is 1. The van der Waals surface area contributed by atoms with E-state index in [-0.39, 0.29) is 17.1 Å². The van der Waals surface area contributed by atoms with Crippen LogP contribution in [0, 0.1) is 5.82 Å². The first-order valence-electron chi connectivity index (χ1n) is 5.24. The van der Waals surface area contributed by atoms with Crippen LogP contribution in [0.1, 0.15) is 30.6 Å². The summed E-state index contributed by atoms with van der Waals surface area (Å²) in [5.74, 6) is -1.48. The number of carbonyl (C=O) groups is 2. The molecule has 0 heterocycles. The topological polar surface area (TPSA) is 69.4 Å². The zero-order valence-corrected chi connectivity index (χ0v) is 9.70. The molecule has 0 aromatic heterocycles. The Morgan fingerprint density at radius 3 is 2.59 bits per heavy atom. The van der Waals surface area contributed by atoms with E-state index in [9.17, 15) is 14.0 Å². The molecule has 5 heteroatoms. The van der Waals surface area contributed by atoms with Gasteiger partial charge in [0.15, 0.2) is 11.9 Å². The number of hydrogen-bond donors (Lipinski definition) is 1. The molecule has 0 aliphatic heterocycles. The van der Waals surface area contributed by atoms with Crippen molar-refractivity contribution in [1.29, 1.82) is 0 Å². The van der Waals surface area contributed by atoms with Crippen molar-refractivity contribution in [2.45, 2.75) is 26.4 Å². The van der Waals surface area contributed by atoms with Crippen molar-refractivity contribution < 1.29 is 18.7 Å². The second-order valence-electron chi connectivity index (χ2n) is 3.59. The molecule has 2 N–H and O–H groups in total. The number of rotatable bonds is 5. The highest BCUT2D eigenvalue weighted by atomic mass is 19.1. The fourth-order valence-corrected chi connectivity index (χ4v) is 1.33. The Bertz CT molecular complexity index is 445. The summed E-state index contributed by atoms with van der Waals surface area (Å²) in [4.78, 5) is 22.1. The highest BCUT2D eigenvalue weighted by molar-refractivity contribution is 5.93. The van der Waals surface area contributed by atoms with Crippen molar-refractivity contribution in [3.05, 3.63) is 29.6 Å². The molecule has 0 aliphatic carbocycles. The number of ether oxygens (including phenoxy) is 1. The molecule has 1 aromatic carbocycles. The summed E-state index contributed by atoms with van der Waals surface area (Å²) in [6, 6.07) is 3.68. The summed E-state index contributed by atoms with van der Waals surface area (Å²) in [6.07, 6.45) is -0.290. The van der Waals surface area contributed by atoms with Gasteiger partial charge >= 0.3 is 0 Å². The zero-order valence-electron chi connectivity index (χ0n) is 9.70.